The summed E-state index contributed by atoms with van der Waals surface area (Å²) in [5.74, 6) is -6.34. The maximum atomic E-state index is 12.7. The molecule has 338 valence electrons. The van der Waals surface area contributed by atoms with E-state index in [4.69, 9.17) is 0 Å². The van der Waals surface area contributed by atoms with Gasteiger partial charge < -0.3 is 50.8 Å². The minimum Gasteiger partial charge on any atom is -0.507 e. The zero-order chi connectivity index (χ0) is 47.5. The first-order chi connectivity index (χ1) is 31.4. The van der Waals surface area contributed by atoms with Crippen molar-refractivity contribution in [2.24, 2.45) is 9.98 Å². The van der Waals surface area contributed by atoms with E-state index in [2.05, 4.69) is 20.0 Å². The lowest BCUT2D eigenvalue weighted by Gasteiger charge is -2.23. The summed E-state index contributed by atoms with van der Waals surface area (Å²) < 4.78 is 0. The smallest absolute Gasteiger partial charge is 0.328 e. The average molecular weight is 891 g/mol. The first-order valence-electron chi connectivity index (χ1n) is 21.5. The molecule has 0 bridgehead atoms. The maximum absolute atomic E-state index is 12.7. The molecule has 0 radical (unpaired) electrons. The van der Waals surface area contributed by atoms with E-state index in [1.165, 1.54) is 0 Å². The number of aromatic hydroxyl groups is 6. The Morgan fingerprint density at radius 2 is 0.909 bits per heavy atom. The predicted molar refractivity (Wildman–Crippen MR) is 257 cm³/mol. The van der Waals surface area contributed by atoms with Crippen molar-refractivity contribution in [2.45, 2.75) is 78.3 Å². The number of nitrogens with one attached hydrogen (secondary N) is 2. The highest BCUT2D eigenvalue weighted by Crippen LogP contribution is 2.54. The van der Waals surface area contributed by atoms with Gasteiger partial charge in [-0.3, -0.25) is 9.98 Å². The fourth-order valence-corrected chi connectivity index (χ4v) is 9.38. The van der Waals surface area contributed by atoms with Crippen LogP contribution in [0.4, 0.5) is 0 Å². The highest BCUT2D eigenvalue weighted by molar-refractivity contribution is 6.15. The van der Waals surface area contributed by atoms with Crippen LogP contribution in [-0.2, 0) is 22.4 Å². The molecule has 2 aromatic heterocycles. The molecule has 0 aliphatic heterocycles. The van der Waals surface area contributed by atoms with Gasteiger partial charge in [0.2, 0.25) is 0 Å². The second kappa shape index (κ2) is 17.2. The van der Waals surface area contributed by atoms with E-state index < -0.39 is 58.5 Å². The summed E-state index contributed by atoms with van der Waals surface area (Å²) in [4.78, 5) is 40.4. The molecule has 2 heterocycles. The third-order valence-electron chi connectivity index (χ3n) is 12.5. The van der Waals surface area contributed by atoms with Crippen molar-refractivity contribution in [1.82, 2.24) is 9.97 Å². The van der Waals surface area contributed by atoms with Gasteiger partial charge in [0.1, 0.15) is 11.5 Å². The number of aryl methyl sites for hydroxylation is 2. The van der Waals surface area contributed by atoms with Crippen molar-refractivity contribution in [1.29, 1.82) is 0 Å². The Labute approximate surface area is 378 Å². The van der Waals surface area contributed by atoms with Gasteiger partial charge in [-0.15, -0.1) is 0 Å². The summed E-state index contributed by atoms with van der Waals surface area (Å²) in [5.41, 5.74) is 4.38. The topological polar surface area (TPSA) is 252 Å². The lowest BCUT2D eigenvalue weighted by molar-refractivity contribution is -0.139. The molecule has 0 unspecified atom stereocenters. The number of phenolic OH excluding ortho intramolecular Hbond substituents is 6. The van der Waals surface area contributed by atoms with Crippen LogP contribution in [0.1, 0.15) is 84.0 Å². The Kier molecular flexibility index (Phi) is 11.6. The summed E-state index contributed by atoms with van der Waals surface area (Å²) in [5, 5.41) is 94.4. The summed E-state index contributed by atoms with van der Waals surface area (Å²) in [7, 11) is 0. The molecule has 14 heteroatoms. The highest BCUT2D eigenvalue weighted by Gasteiger charge is 2.31. The zero-order valence-corrected chi connectivity index (χ0v) is 37.1. The molecule has 6 aromatic carbocycles. The van der Waals surface area contributed by atoms with E-state index in [-0.39, 0.29) is 57.7 Å². The molecule has 66 heavy (non-hydrogen) atoms. The number of H-pyrrole nitrogens is 2. The fraction of sp³-hybridized carbons (Fsp3) is 0.231. The summed E-state index contributed by atoms with van der Waals surface area (Å²) in [6, 6.07) is 15.5. The number of rotatable bonds is 13. The largest absolute Gasteiger partial charge is 0.507 e. The normalized spacial score (nSPS) is 13.2. The average Bonchev–Trinajstić information content (AvgIpc) is 3.87. The summed E-state index contributed by atoms with van der Waals surface area (Å²) in [6.07, 6.45) is 5.63. The predicted octanol–water partition coefficient (Wildman–Crippen LogP) is 9.95. The molecular weight excluding hydrogens is 841 g/mol. The summed E-state index contributed by atoms with van der Waals surface area (Å²) in [6.45, 7) is 10.6. The number of carboxylic acid groups (broad SMARTS) is 2. The first-order valence-corrected chi connectivity index (χ1v) is 21.5. The van der Waals surface area contributed by atoms with Gasteiger partial charge in [-0.2, -0.15) is 0 Å². The van der Waals surface area contributed by atoms with Gasteiger partial charge in [-0.1, -0.05) is 76.2 Å². The molecule has 0 aliphatic rings. The van der Waals surface area contributed by atoms with Crippen molar-refractivity contribution in [3.63, 3.8) is 0 Å². The number of fused-ring (bicyclic) bond motifs is 4. The van der Waals surface area contributed by atoms with Gasteiger partial charge in [0.05, 0.1) is 0 Å². The van der Waals surface area contributed by atoms with Crippen LogP contribution in [0.15, 0.2) is 83.0 Å². The van der Waals surface area contributed by atoms with Crippen LogP contribution in [0, 0.1) is 13.8 Å². The van der Waals surface area contributed by atoms with Crippen molar-refractivity contribution in [2.75, 3.05) is 0 Å². The lowest BCUT2D eigenvalue weighted by Crippen LogP contribution is -2.21. The third-order valence-corrected chi connectivity index (χ3v) is 12.5. The molecule has 0 fully saturated rings. The van der Waals surface area contributed by atoms with E-state index in [1.54, 1.807) is 66.1 Å². The number of carboxylic acids is 2. The number of carbonyl (C=O) groups is 2. The Bertz CT molecular complexity index is 3120. The second-order valence-electron chi connectivity index (χ2n) is 17.4. The van der Waals surface area contributed by atoms with Crippen molar-refractivity contribution in [3.05, 3.63) is 118 Å². The van der Waals surface area contributed by atoms with Crippen LogP contribution >= 0.6 is 0 Å². The second-order valence-corrected chi connectivity index (χ2v) is 17.4. The minimum atomic E-state index is -1.34. The molecule has 0 spiro atoms. The quantitative estimate of drug-likeness (QED) is 0.0387. The van der Waals surface area contributed by atoms with E-state index in [9.17, 15) is 50.4 Å². The van der Waals surface area contributed by atoms with Gasteiger partial charge in [0.15, 0.2) is 35.1 Å². The number of aliphatic imine (C=N–C) groups is 2. The summed E-state index contributed by atoms with van der Waals surface area (Å²) >= 11 is 0. The van der Waals surface area contributed by atoms with Crippen LogP contribution < -0.4 is 0 Å². The van der Waals surface area contributed by atoms with Crippen LogP contribution in [0.3, 0.4) is 0 Å². The van der Waals surface area contributed by atoms with Crippen LogP contribution in [0.25, 0.3) is 54.5 Å². The Morgan fingerprint density at radius 1 is 0.545 bits per heavy atom. The van der Waals surface area contributed by atoms with E-state index in [0.29, 0.717) is 44.2 Å². The van der Waals surface area contributed by atoms with Crippen LogP contribution in [-0.4, -0.2) is 87.3 Å². The first kappa shape index (κ1) is 44.6. The maximum Gasteiger partial charge on any atom is 0.328 e. The molecule has 8 rings (SSSR count). The number of aliphatic carboxylic acids is 2. The molecule has 10 N–H and O–H groups in total. The van der Waals surface area contributed by atoms with Gasteiger partial charge in [-0.05, 0) is 70.8 Å². The van der Waals surface area contributed by atoms with E-state index >= 15 is 0 Å². The van der Waals surface area contributed by atoms with Crippen molar-refractivity contribution in [3.8, 4) is 45.6 Å². The molecule has 8 aromatic rings. The third kappa shape index (κ3) is 7.53. The molecular formula is C52H50N4O10. The minimum absolute atomic E-state index is 0.0201. The van der Waals surface area contributed by atoms with Gasteiger partial charge in [0.25, 0.3) is 0 Å². The van der Waals surface area contributed by atoms with Gasteiger partial charge >= 0.3 is 11.9 Å². The van der Waals surface area contributed by atoms with Crippen molar-refractivity contribution < 1.29 is 50.4 Å². The molecule has 2 atom stereocenters. The number of aromatic nitrogens is 2. The molecule has 0 aliphatic carbocycles. The highest BCUT2D eigenvalue weighted by atomic mass is 16.4. The molecule has 0 saturated carbocycles. The molecule has 0 saturated heterocycles. The number of nitrogens with zero attached hydrogens (tertiary/aromatic N) is 2. The van der Waals surface area contributed by atoms with Crippen LogP contribution in [0.5, 0.6) is 34.5 Å². The van der Waals surface area contributed by atoms with Crippen LogP contribution in [0.2, 0.25) is 0 Å². The molecule has 14 nitrogen and oxygen atoms in total. The Morgan fingerprint density at radius 3 is 1.26 bits per heavy atom. The van der Waals surface area contributed by atoms with Gasteiger partial charge in [-0.25, -0.2) is 9.59 Å². The number of aromatic amines is 2. The number of para-hydroxylation sites is 2. The number of benzene rings is 6. The SMILES string of the molecule is Cc1cc2c(C(C)C)c(O)c(O)c(C=N[C@@H](Cc3c[nH]c4ccccc34)C(=O)O)c2c(O)c1-c1c(C)cc2c(C(C)C)c(O)c(O)c(C=N[C@@H](Cc3c[nH]c4ccccc34)C(=O)O)c2c1O. The molecule has 0 amide bonds. The fourth-order valence-electron chi connectivity index (χ4n) is 9.38. The number of hydrogen-bond donors (Lipinski definition) is 10. The van der Waals surface area contributed by atoms with Crippen molar-refractivity contribution >= 4 is 67.7 Å². The standard InChI is InChI=1S/C52H50N4O10/c1-23(2)39-31-15-25(5)41(47(59)43(31)33(45(57)49(39)61)21-55-37(51(63)64)17-27-19-53-35-13-9-7-11-29(27)35)42-26(6)16-32-40(24(3)4)50(62)46(58)34(44(32)48(42)60)22-56-38(52(65)66)18-28-20-54-36-14-10-8-12-30(28)36/h7-16,19-24,37-38,53-54,57-62H,17-18H2,1-6H3,(H,63,64)(H,65,66)/t37-,38-/m0/s1. The zero-order valence-electron chi connectivity index (χ0n) is 37.1. The van der Waals surface area contributed by atoms with E-state index in [0.717, 1.165) is 34.2 Å². The lowest BCUT2D eigenvalue weighted by atomic mass is 9.83. The Hall–Kier alpha value is -8.00. The Balaban J connectivity index is 1.34. The number of phenols is 6. The monoisotopic (exact) mass is 890 g/mol. The van der Waals surface area contributed by atoms with E-state index in [1.807, 2.05) is 48.5 Å². The van der Waals surface area contributed by atoms with Gasteiger partial charge in [0, 0.05) is 104 Å². The number of hydrogen-bond acceptors (Lipinski definition) is 10.